The van der Waals surface area contributed by atoms with Crippen LogP contribution in [0.1, 0.15) is 11.1 Å². The summed E-state index contributed by atoms with van der Waals surface area (Å²) in [4.78, 5) is 8.44. The molecule has 0 atom stereocenters. The molecule has 3 rings (SSSR count). The van der Waals surface area contributed by atoms with E-state index in [-0.39, 0.29) is 0 Å². The first kappa shape index (κ1) is 17.3. The Balaban J connectivity index is 1.90. The smallest absolute Gasteiger partial charge is 0.159 e. The summed E-state index contributed by atoms with van der Waals surface area (Å²) in [5.41, 5.74) is 10.5. The Morgan fingerprint density at radius 1 is 0.880 bits per heavy atom. The van der Waals surface area contributed by atoms with Crippen molar-refractivity contribution in [3.05, 3.63) is 63.9 Å². The Labute approximate surface area is 156 Å². The number of anilines is 5. The molecule has 5 nitrogen and oxygen atoms in total. The first-order chi connectivity index (χ1) is 11.9. The van der Waals surface area contributed by atoms with Crippen LogP contribution in [-0.4, -0.2) is 9.97 Å². The summed E-state index contributed by atoms with van der Waals surface area (Å²) in [6.45, 7) is 4.05. The third-order valence-corrected chi connectivity index (χ3v) is 4.09. The molecular formula is C18H17Cl2N5. The summed E-state index contributed by atoms with van der Waals surface area (Å²) in [6.07, 6.45) is 1.44. The number of hydrogen-bond donors (Lipinski definition) is 3. The summed E-state index contributed by atoms with van der Waals surface area (Å²) in [5, 5.41) is 7.43. The molecule has 0 bridgehead atoms. The van der Waals surface area contributed by atoms with Gasteiger partial charge in [0.15, 0.2) is 11.6 Å². The van der Waals surface area contributed by atoms with Gasteiger partial charge in [-0.25, -0.2) is 9.97 Å². The lowest BCUT2D eigenvalue weighted by molar-refractivity contribution is 1.17. The molecule has 3 aromatic rings. The third-order valence-electron chi connectivity index (χ3n) is 3.66. The van der Waals surface area contributed by atoms with Crippen LogP contribution in [0.3, 0.4) is 0 Å². The highest BCUT2D eigenvalue weighted by Crippen LogP contribution is 2.31. The Kier molecular flexibility index (Phi) is 4.97. The maximum absolute atomic E-state index is 6.23. The maximum atomic E-state index is 6.23. The van der Waals surface area contributed by atoms with Gasteiger partial charge in [0, 0.05) is 21.4 Å². The normalized spacial score (nSPS) is 10.6. The second-order valence-electron chi connectivity index (χ2n) is 5.71. The molecule has 0 fully saturated rings. The van der Waals surface area contributed by atoms with Crippen LogP contribution < -0.4 is 16.4 Å². The number of benzene rings is 2. The van der Waals surface area contributed by atoms with Gasteiger partial charge in [0.1, 0.15) is 12.0 Å². The third kappa shape index (κ3) is 4.13. The highest BCUT2D eigenvalue weighted by Gasteiger charge is 2.10. The van der Waals surface area contributed by atoms with E-state index in [0.717, 1.165) is 16.8 Å². The van der Waals surface area contributed by atoms with E-state index in [1.807, 2.05) is 26.0 Å². The van der Waals surface area contributed by atoms with Gasteiger partial charge in [-0.2, -0.15) is 0 Å². The molecule has 4 N–H and O–H groups in total. The van der Waals surface area contributed by atoms with Crippen LogP contribution in [-0.2, 0) is 0 Å². The predicted molar refractivity (Wildman–Crippen MR) is 105 cm³/mol. The number of nitrogen functional groups attached to an aromatic ring is 1. The van der Waals surface area contributed by atoms with Crippen LogP contribution in [0.25, 0.3) is 0 Å². The minimum Gasteiger partial charge on any atom is -0.393 e. The first-order valence-electron chi connectivity index (χ1n) is 7.60. The van der Waals surface area contributed by atoms with E-state index in [2.05, 4.69) is 26.7 Å². The fourth-order valence-corrected chi connectivity index (χ4v) is 2.88. The fourth-order valence-electron chi connectivity index (χ4n) is 2.36. The van der Waals surface area contributed by atoms with E-state index in [0.29, 0.717) is 33.1 Å². The number of rotatable bonds is 4. The molecule has 7 heteroatoms. The van der Waals surface area contributed by atoms with Crippen LogP contribution in [0.5, 0.6) is 0 Å². The molecule has 0 aliphatic rings. The summed E-state index contributed by atoms with van der Waals surface area (Å²) < 4.78 is 0. The van der Waals surface area contributed by atoms with Gasteiger partial charge < -0.3 is 16.4 Å². The van der Waals surface area contributed by atoms with Gasteiger partial charge in [-0.05, 0) is 49.2 Å². The van der Waals surface area contributed by atoms with E-state index < -0.39 is 0 Å². The van der Waals surface area contributed by atoms with Crippen molar-refractivity contribution >= 4 is 51.9 Å². The molecule has 25 heavy (non-hydrogen) atoms. The number of hydrogen-bond acceptors (Lipinski definition) is 5. The van der Waals surface area contributed by atoms with Gasteiger partial charge in [-0.1, -0.05) is 35.3 Å². The maximum Gasteiger partial charge on any atom is 0.159 e. The Bertz CT molecular complexity index is 907. The molecule has 0 aliphatic heterocycles. The summed E-state index contributed by atoms with van der Waals surface area (Å²) in [6, 6.07) is 11.3. The highest BCUT2D eigenvalue weighted by atomic mass is 35.5. The van der Waals surface area contributed by atoms with Gasteiger partial charge in [0.05, 0.1) is 0 Å². The molecule has 0 spiro atoms. The minimum absolute atomic E-state index is 0.402. The van der Waals surface area contributed by atoms with Gasteiger partial charge in [0.25, 0.3) is 0 Å². The quantitative estimate of drug-likeness (QED) is 0.565. The fraction of sp³-hybridized carbons (Fsp3) is 0.111. The largest absolute Gasteiger partial charge is 0.393 e. The van der Waals surface area contributed by atoms with E-state index >= 15 is 0 Å². The van der Waals surface area contributed by atoms with Crippen molar-refractivity contribution in [2.45, 2.75) is 13.8 Å². The molecule has 2 aromatic carbocycles. The predicted octanol–water partition coefficient (Wildman–Crippen LogP) is 5.47. The molecule has 0 unspecified atom stereocenters. The van der Waals surface area contributed by atoms with E-state index in [4.69, 9.17) is 28.9 Å². The van der Waals surface area contributed by atoms with Gasteiger partial charge >= 0.3 is 0 Å². The van der Waals surface area contributed by atoms with E-state index in [9.17, 15) is 0 Å². The zero-order valence-corrected chi connectivity index (χ0v) is 15.3. The van der Waals surface area contributed by atoms with Crippen molar-refractivity contribution < 1.29 is 0 Å². The summed E-state index contributed by atoms with van der Waals surface area (Å²) in [7, 11) is 0. The average molecular weight is 374 g/mol. The van der Waals surface area contributed by atoms with Crippen LogP contribution in [0.15, 0.2) is 42.7 Å². The van der Waals surface area contributed by atoms with Gasteiger partial charge in [-0.3, -0.25) is 0 Å². The van der Waals surface area contributed by atoms with Crippen LogP contribution in [0, 0.1) is 13.8 Å². The molecule has 0 saturated carbocycles. The Hall–Kier alpha value is -2.50. The van der Waals surface area contributed by atoms with Crippen LogP contribution in [0.4, 0.5) is 28.7 Å². The van der Waals surface area contributed by atoms with Crippen molar-refractivity contribution in [3.63, 3.8) is 0 Å². The molecular weight excluding hydrogens is 357 g/mol. The number of aromatic nitrogens is 2. The zero-order valence-electron chi connectivity index (χ0n) is 13.8. The number of halogens is 2. The zero-order chi connectivity index (χ0) is 18.0. The van der Waals surface area contributed by atoms with Crippen molar-refractivity contribution in [1.29, 1.82) is 0 Å². The Morgan fingerprint density at radius 2 is 1.52 bits per heavy atom. The number of nitrogens with two attached hydrogens (primary N) is 1. The monoisotopic (exact) mass is 373 g/mol. The van der Waals surface area contributed by atoms with Crippen molar-refractivity contribution in [1.82, 2.24) is 9.97 Å². The highest BCUT2D eigenvalue weighted by molar-refractivity contribution is 6.35. The second kappa shape index (κ2) is 7.17. The molecule has 0 aliphatic carbocycles. The molecule has 0 saturated heterocycles. The average Bonchev–Trinajstić information content (AvgIpc) is 2.54. The first-order valence-corrected chi connectivity index (χ1v) is 8.36. The molecule has 0 radical (unpaired) electrons. The number of aryl methyl sites for hydroxylation is 2. The standard InChI is InChI=1S/C18H17Cl2N5/c1-10-3-4-11(2)15(5-10)25-18-16(21)17(22-9-23-18)24-14-7-12(19)6-13(20)8-14/h3-9H,21H2,1-2H3,(H2,22,23,24,25). The molecule has 0 amide bonds. The van der Waals surface area contributed by atoms with Crippen LogP contribution >= 0.6 is 23.2 Å². The van der Waals surface area contributed by atoms with Gasteiger partial charge in [-0.15, -0.1) is 0 Å². The molecule has 1 aromatic heterocycles. The lowest BCUT2D eigenvalue weighted by Crippen LogP contribution is -2.06. The lowest BCUT2D eigenvalue weighted by Gasteiger charge is -2.14. The van der Waals surface area contributed by atoms with E-state index in [1.165, 1.54) is 6.33 Å². The second-order valence-corrected chi connectivity index (χ2v) is 6.58. The van der Waals surface area contributed by atoms with Gasteiger partial charge in [0.2, 0.25) is 0 Å². The SMILES string of the molecule is Cc1ccc(C)c(Nc2ncnc(Nc3cc(Cl)cc(Cl)c3)c2N)c1. The summed E-state index contributed by atoms with van der Waals surface area (Å²) in [5.74, 6) is 1.00. The lowest BCUT2D eigenvalue weighted by atomic mass is 10.1. The van der Waals surface area contributed by atoms with Crippen molar-refractivity contribution in [2.75, 3.05) is 16.4 Å². The van der Waals surface area contributed by atoms with Crippen LogP contribution in [0.2, 0.25) is 10.0 Å². The summed E-state index contributed by atoms with van der Waals surface area (Å²) >= 11 is 12.1. The van der Waals surface area contributed by atoms with Crippen molar-refractivity contribution in [2.24, 2.45) is 0 Å². The Morgan fingerprint density at radius 3 is 2.20 bits per heavy atom. The topological polar surface area (TPSA) is 75.9 Å². The molecule has 128 valence electrons. The molecule has 1 heterocycles. The number of nitrogens with one attached hydrogen (secondary N) is 2. The van der Waals surface area contributed by atoms with E-state index in [1.54, 1.807) is 18.2 Å². The minimum atomic E-state index is 0.402. The number of nitrogens with zero attached hydrogens (tertiary/aromatic N) is 2. The van der Waals surface area contributed by atoms with Crippen molar-refractivity contribution in [3.8, 4) is 0 Å².